The Hall–Kier alpha value is -2.77. The highest BCUT2D eigenvalue weighted by Gasteiger charge is 2.53. The van der Waals surface area contributed by atoms with E-state index in [0.717, 1.165) is 77.0 Å². The summed E-state index contributed by atoms with van der Waals surface area (Å²) in [6.07, 6.45) is 51.6. The third kappa shape index (κ3) is 40.9. The van der Waals surface area contributed by atoms with Gasteiger partial charge in [0.05, 0.1) is 38.6 Å². The quantitative estimate of drug-likeness (QED) is 0.0199. The molecule has 576 valence electrons. The maximum atomic E-state index is 13.5. The number of nitrogens with one attached hydrogen (secondary N) is 1. The van der Waals surface area contributed by atoms with Crippen molar-refractivity contribution in [1.29, 1.82) is 0 Å². The van der Waals surface area contributed by atoms with Gasteiger partial charge >= 0.3 is 0 Å². The van der Waals surface area contributed by atoms with Crippen molar-refractivity contribution in [2.75, 3.05) is 26.4 Å². The third-order valence-corrected chi connectivity index (χ3v) is 19.5. The normalized spacial score (nSPS) is 27.0. The van der Waals surface area contributed by atoms with Crippen LogP contribution < -0.4 is 5.32 Å². The summed E-state index contributed by atoms with van der Waals surface area (Å²) in [6.45, 7) is 1.65. The highest BCUT2D eigenvalue weighted by atomic mass is 16.8. The number of ether oxygens (including phenoxy) is 6. The van der Waals surface area contributed by atoms with Gasteiger partial charge in [0.25, 0.3) is 0 Å². The smallest absolute Gasteiger partial charge is 0.220 e. The SMILES string of the molecule is CC/C=C\C/C=C\C/C=C\C/C=C\C/C=C\CCCCCCCCCCCCCCCCCCCC(=O)NC(COC1OC(CO)C(OC2OC(CO)C(OC3OC(CO)C(O)C(O)C3O)C(O)C2O)C(O)C1O)C(O)/C=C/CCCCCCCCCCCCCCCCCCCCC. The molecule has 3 heterocycles. The predicted octanol–water partition coefficient (Wildman–Crippen LogP) is 12.8. The molecule has 3 aliphatic heterocycles. The van der Waals surface area contributed by atoms with Gasteiger partial charge in [0, 0.05) is 6.42 Å². The van der Waals surface area contributed by atoms with Crippen LogP contribution in [0.3, 0.4) is 0 Å². The number of aliphatic hydroxyl groups is 11. The Morgan fingerprint density at radius 1 is 0.374 bits per heavy atom. The molecular formula is C80H143NO18. The topological polar surface area (TPSA) is 307 Å². The summed E-state index contributed by atoms with van der Waals surface area (Å²) in [5.41, 5.74) is 0. The largest absolute Gasteiger partial charge is 0.394 e. The van der Waals surface area contributed by atoms with Crippen LogP contribution in [0.2, 0.25) is 0 Å². The lowest BCUT2D eigenvalue weighted by molar-refractivity contribution is -0.379. The predicted molar refractivity (Wildman–Crippen MR) is 392 cm³/mol. The standard InChI is InChI=1S/C80H143NO18/c1-3-5-7-9-11-13-15-17-19-21-23-25-26-27-28-29-30-31-32-33-34-35-36-38-40-42-44-46-48-50-52-54-56-58-68(86)81-63(64(85)57-55-53-51-49-47-45-43-41-39-37-24-22-20-18-16-14-12-10-8-6-4-2)62-94-78-74(92)71(89)76(66(60-83)96-78)99-80-75(93)72(90)77(67(61-84)97-80)98-79-73(91)70(88)69(87)65(59-82)95-79/h5,7,11,13,17,19,23,25,27-28,55,57,63-67,69-80,82-85,87-93H,3-4,6,8-10,12,14-16,18,20-22,24,26,29-54,56,58-62H2,1-2H3,(H,81,86)/b7-5-,13-11-,19-17-,25-23-,28-27-,57-55+. The molecule has 0 aliphatic carbocycles. The van der Waals surface area contributed by atoms with Crippen LogP contribution in [0.15, 0.2) is 72.9 Å². The van der Waals surface area contributed by atoms with Crippen LogP contribution in [-0.2, 0) is 33.2 Å². The van der Waals surface area contributed by atoms with E-state index < -0.39 is 124 Å². The fraction of sp³-hybridized carbons (Fsp3) is 0.838. The Morgan fingerprint density at radius 2 is 0.697 bits per heavy atom. The summed E-state index contributed by atoms with van der Waals surface area (Å²) in [4.78, 5) is 13.5. The van der Waals surface area contributed by atoms with Gasteiger partial charge in [-0.05, 0) is 64.2 Å². The molecule has 0 bridgehead atoms. The number of allylic oxidation sites excluding steroid dienone is 11. The van der Waals surface area contributed by atoms with Crippen molar-refractivity contribution < 1.29 is 89.4 Å². The first-order chi connectivity index (χ1) is 48.3. The van der Waals surface area contributed by atoms with Gasteiger partial charge in [-0.15, -0.1) is 0 Å². The number of hydrogen-bond acceptors (Lipinski definition) is 18. The first kappa shape index (κ1) is 90.4. The number of carbonyl (C=O) groups excluding carboxylic acids is 1. The van der Waals surface area contributed by atoms with Crippen LogP contribution in [0.25, 0.3) is 0 Å². The van der Waals surface area contributed by atoms with Gasteiger partial charge < -0.3 is 89.9 Å². The Bertz CT molecular complexity index is 2070. The molecule has 3 aliphatic rings. The summed E-state index contributed by atoms with van der Waals surface area (Å²) in [5, 5.41) is 121. The number of hydrogen-bond donors (Lipinski definition) is 12. The fourth-order valence-electron chi connectivity index (χ4n) is 13.2. The Labute approximate surface area is 598 Å². The van der Waals surface area contributed by atoms with Gasteiger partial charge in [-0.2, -0.15) is 0 Å². The average molecular weight is 1410 g/mol. The lowest BCUT2D eigenvalue weighted by Gasteiger charge is -2.48. The minimum absolute atomic E-state index is 0.243. The number of aliphatic hydroxyl groups excluding tert-OH is 11. The molecular weight excluding hydrogens is 1260 g/mol. The van der Waals surface area contributed by atoms with Crippen molar-refractivity contribution >= 4 is 5.91 Å². The van der Waals surface area contributed by atoms with Crippen LogP contribution in [0.4, 0.5) is 0 Å². The molecule has 1 amide bonds. The van der Waals surface area contributed by atoms with E-state index in [-0.39, 0.29) is 18.9 Å². The summed E-state index contributed by atoms with van der Waals surface area (Å²) in [7, 11) is 0. The Kier molecular flexibility index (Phi) is 55.3. The number of rotatable bonds is 62. The van der Waals surface area contributed by atoms with Crippen molar-refractivity contribution in [2.45, 2.75) is 401 Å². The number of amides is 1. The van der Waals surface area contributed by atoms with Gasteiger partial charge in [-0.1, -0.05) is 299 Å². The second-order valence-electron chi connectivity index (χ2n) is 28.1. The number of unbranched alkanes of at least 4 members (excludes halogenated alkanes) is 36. The van der Waals surface area contributed by atoms with Crippen molar-refractivity contribution in [3.63, 3.8) is 0 Å². The van der Waals surface area contributed by atoms with Gasteiger partial charge in [0.2, 0.25) is 5.91 Å². The number of carbonyl (C=O) groups is 1. The van der Waals surface area contributed by atoms with Gasteiger partial charge in [-0.3, -0.25) is 4.79 Å². The minimum Gasteiger partial charge on any atom is -0.394 e. The van der Waals surface area contributed by atoms with Crippen molar-refractivity contribution in [1.82, 2.24) is 5.32 Å². The second kappa shape index (κ2) is 60.5. The lowest BCUT2D eigenvalue weighted by Crippen LogP contribution is -2.66. The highest BCUT2D eigenvalue weighted by molar-refractivity contribution is 5.76. The van der Waals surface area contributed by atoms with Gasteiger partial charge in [0.15, 0.2) is 18.9 Å². The molecule has 0 spiro atoms. The molecule has 0 aromatic rings. The fourth-order valence-corrected chi connectivity index (χ4v) is 13.2. The maximum absolute atomic E-state index is 13.5. The van der Waals surface area contributed by atoms with E-state index >= 15 is 0 Å². The molecule has 0 radical (unpaired) electrons. The molecule has 17 unspecified atom stereocenters. The summed E-state index contributed by atoms with van der Waals surface area (Å²) in [6, 6.07) is -0.976. The van der Waals surface area contributed by atoms with Crippen molar-refractivity contribution in [3.8, 4) is 0 Å². The summed E-state index contributed by atoms with van der Waals surface area (Å²) in [5.74, 6) is -0.273. The Morgan fingerprint density at radius 3 is 1.09 bits per heavy atom. The van der Waals surface area contributed by atoms with Crippen LogP contribution in [0.1, 0.15) is 296 Å². The van der Waals surface area contributed by atoms with Crippen LogP contribution in [0, 0.1) is 0 Å². The molecule has 0 saturated carbocycles. The monoisotopic (exact) mass is 1410 g/mol. The van der Waals surface area contributed by atoms with Crippen LogP contribution >= 0.6 is 0 Å². The molecule has 0 aromatic carbocycles. The van der Waals surface area contributed by atoms with E-state index in [4.69, 9.17) is 28.4 Å². The molecule has 19 heteroatoms. The first-order valence-electron chi connectivity index (χ1n) is 39.7. The van der Waals surface area contributed by atoms with Gasteiger partial charge in [0.1, 0.15) is 73.2 Å². The van der Waals surface area contributed by atoms with Crippen molar-refractivity contribution in [3.05, 3.63) is 72.9 Å². The van der Waals surface area contributed by atoms with E-state index in [2.05, 4.69) is 79.9 Å². The highest BCUT2D eigenvalue weighted by Crippen LogP contribution is 2.33. The van der Waals surface area contributed by atoms with E-state index in [1.165, 1.54) is 193 Å². The van der Waals surface area contributed by atoms with E-state index in [1.54, 1.807) is 6.08 Å². The van der Waals surface area contributed by atoms with Crippen molar-refractivity contribution in [2.24, 2.45) is 0 Å². The minimum atomic E-state index is -1.98. The molecule has 19 nitrogen and oxygen atoms in total. The zero-order chi connectivity index (χ0) is 71.8. The molecule has 3 fully saturated rings. The molecule has 17 atom stereocenters. The summed E-state index contributed by atoms with van der Waals surface area (Å²) < 4.78 is 34.4. The maximum Gasteiger partial charge on any atom is 0.220 e. The van der Waals surface area contributed by atoms with Crippen LogP contribution in [0.5, 0.6) is 0 Å². The molecule has 0 aromatic heterocycles. The van der Waals surface area contributed by atoms with Crippen LogP contribution in [-0.4, -0.2) is 193 Å². The lowest BCUT2D eigenvalue weighted by atomic mass is 9.96. The van der Waals surface area contributed by atoms with E-state index in [9.17, 15) is 61.0 Å². The van der Waals surface area contributed by atoms with E-state index in [0.29, 0.717) is 6.42 Å². The zero-order valence-corrected chi connectivity index (χ0v) is 61.5. The molecule has 99 heavy (non-hydrogen) atoms. The van der Waals surface area contributed by atoms with Gasteiger partial charge in [-0.25, -0.2) is 0 Å². The first-order valence-corrected chi connectivity index (χ1v) is 39.7. The molecule has 12 N–H and O–H groups in total. The van der Waals surface area contributed by atoms with E-state index in [1.807, 2.05) is 6.08 Å². The second-order valence-corrected chi connectivity index (χ2v) is 28.1. The molecule has 3 rings (SSSR count). The third-order valence-electron chi connectivity index (χ3n) is 19.5. The summed E-state index contributed by atoms with van der Waals surface area (Å²) >= 11 is 0. The Balaban J connectivity index is 1.36. The molecule has 3 saturated heterocycles. The zero-order valence-electron chi connectivity index (χ0n) is 61.5. The average Bonchev–Trinajstić information content (AvgIpc) is 0.761.